The van der Waals surface area contributed by atoms with Crippen molar-refractivity contribution in [3.8, 4) is 0 Å². The van der Waals surface area contributed by atoms with Gasteiger partial charge in [0.1, 0.15) is 10.8 Å². The summed E-state index contributed by atoms with van der Waals surface area (Å²) >= 11 is 1.47. The minimum atomic E-state index is -0.254. The molecular formula is C24H21N3O2S. The van der Waals surface area contributed by atoms with Crippen LogP contribution in [0.25, 0.3) is 0 Å². The Morgan fingerprint density at radius 1 is 1.00 bits per heavy atom. The van der Waals surface area contributed by atoms with Gasteiger partial charge in [-0.25, -0.2) is 4.98 Å². The van der Waals surface area contributed by atoms with Crippen LogP contribution in [-0.2, 0) is 5.75 Å². The fourth-order valence-corrected chi connectivity index (χ4v) is 4.04. The lowest BCUT2D eigenvalue weighted by atomic mass is 9.98. The summed E-state index contributed by atoms with van der Waals surface area (Å²) < 4.78 is 5.12. The van der Waals surface area contributed by atoms with Gasteiger partial charge in [-0.1, -0.05) is 77.6 Å². The maximum Gasteiger partial charge on any atom is 0.254 e. The molecule has 150 valence electrons. The van der Waals surface area contributed by atoms with Gasteiger partial charge in [-0.05, 0) is 30.2 Å². The standard InChI is InChI=1S/C24H21N3O2S/c1-17-15-20(27-29-17)16-30-24-21(13-8-14-25-24)23(28)26-22(18-9-4-2-5-10-18)19-11-6-3-7-12-19/h2-15,22H,16H2,1H3,(H,26,28). The molecule has 0 spiro atoms. The molecule has 0 atom stereocenters. The highest BCUT2D eigenvalue weighted by molar-refractivity contribution is 7.98. The van der Waals surface area contributed by atoms with Crippen LogP contribution in [0.3, 0.4) is 0 Å². The molecule has 4 rings (SSSR count). The van der Waals surface area contributed by atoms with Crippen LogP contribution in [0.4, 0.5) is 0 Å². The van der Waals surface area contributed by atoms with Crippen molar-refractivity contribution in [2.45, 2.75) is 23.7 Å². The molecule has 30 heavy (non-hydrogen) atoms. The van der Waals surface area contributed by atoms with Crippen LogP contribution in [0.1, 0.15) is 39.0 Å². The van der Waals surface area contributed by atoms with E-state index in [-0.39, 0.29) is 11.9 Å². The number of carbonyl (C=O) groups is 1. The molecule has 0 aliphatic carbocycles. The number of thioether (sulfide) groups is 1. The van der Waals surface area contributed by atoms with Crippen LogP contribution < -0.4 is 5.32 Å². The quantitative estimate of drug-likeness (QED) is 0.421. The van der Waals surface area contributed by atoms with Gasteiger partial charge >= 0.3 is 0 Å². The first-order chi connectivity index (χ1) is 14.7. The maximum absolute atomic E-state index is 13.2. The van der Waals surface area contributed by atoms with Crippen molar-refractivity contribution in [1.29, 1.82) is 0 Å². The maximum atomic E-state index is 13.2. The third kappa shape index (κ3) is 4.78. The van der Waals surface area contributed by atoms with Crippen molar-refractivity contribution < 1.29 is 9.32 Å². The minimum Gasteiger partial charge on any atom is -0.361 e. The van der Waals surface area contributed by atoms with Crippen molar-refractivity contribution in [2.24, 2.45) is 0 Å². The number of hydrogen-bond acceptors (Lipinski definition) is 5. The van der Waals surface area contributed by atoms with Crippen LogP contribution >= 0.6 is 11.8 Å². The Labute approximate surface area is 179 Å². The third-order valence-electron chi connectivity index (χ3n) is 4.59. The second kappa shape index (κ2) is 9.41. The highest BCUT2D eigenvalue weighted by Crippen LogP contribution is 2.26. The van der Waals surface area contributed by atoms with Crippen LogP contribution in [0.5, 0.6) is 0 Å². The molecule has 4 aromatic rings. The molecule has 0 aliphatic heterocycles. The number of rotatable bonds is 7. The van der Waals surface area contributed by atoms with Gasteiger partial charge in [0.15, 0.2) is 0 Å². The summed E-state index contributed by atoms with van der Waals surface area (Å²) in [6.45, 7) is 1.86. The molecule has 0 radical (unpaired) electrons. The normalized spacial score (nSPS) is 10.9. The van der Waals surface area contributed by atoms with Gasteiger partial charge in [-0.2, -0.15) is 0 Å². The number of nitrogens with zero attached hydrogens (tertiary/aromatic N) is 2. The Bertz CT molecular complexity index is 1070. The molecule has 1 N–H and O–H groups in total. The number of nitrogens with one attached hydrogen (secondary N) is 1. The topological polar surface area (TPSA) is 68.0 Å². The van der Waals surface area contributed by atoms with Gasteiger partial charge in [-0.15, -0.1) is 0 Å². The van der Waals surface area contributed by atoms with E-state index in [4.69, 9.17) is 4.52 Å². The summed E-state index contributed by atoms with van der Waals surface area (Å²) in [5.41, 5.74) is 3.40. The fraction of sp³-hybridized carbons (Fsp3) is 0.125. The molecule has 2 aromatic carbocycles. The number of pyridine rings is 1. The Kier molecular flexibility index (Phi) is 6.25. The number of benzene rings is 2. The molecule has 2 aromatic heterocycles. The monoisotopic (exact) mass is 415 g/mol. The third-order valence-corrected chi connectivity index (χ3v) is 5.63. The largest absolute Gasteiger partial charge is 0.361 e. The van der Waals surface area contributed by atoms with Crippen LogP contribution in [0, 0.1) is 6.92 Å². The predicted molar refractivity (Wildman–Crippen MR) is 117 cm³/mol. The molecule has 0 saturated heterocycles. The zero-order valence-corrected chi connectivity index (χ0v) is 17.3. The molecule has 0 bridgehead atoms. The first-order valence-electron chi connectivity index (χ1n) is 9.61. The summed E-state index contributed by atoms with van der Waals surface area (Å²) in [7, 11) is 0. The van der Waals surface area contributed by atoms with E-state index in [0.29, 0.717) is 16.3 Å². The Morgan fingerprint density at radius 3 is 2.27 bits per heavy atom. The van der Waals surface area contributed by atoms with E-state index in [2.05, 4.69) is 15.5 Å². The van der Waals surface area contributed by atoms with Crippen LogP contribution in [-0.4, -0.2) is 16.0 Å². The molecular weight excluding hydrogens is 394 g/mol. The lowest BCUT2D eigenvalue weighted by Gasteiger charge is -2.20. The first kappa shape index (κ1) is 19.9. The average molecular weight is 416 g/mol. The van der Waals surface area contributed by atoms with Crippen molar-refractivity contribution in [2.75, 3.05) is 0 Å². The molecule has 6 heteroatoms. The molecule has 1 amide bonds. The van der Waals surface area contributed by atoms with E-state index in [0.717, 1.165) is 22.6 Å². The Hall–Kier alpha value is -3.38. The van der Waals surface area contributed by atoms with Gasteiger partial charge in [0.05, 0.1) is 17.3 Å². The van der Waals surface area contributed by atoms with Gasteiger partial charge in [0.2, 0.25) is 0 Å². The van der Waals surface area contributed by atoms with Crippen molar-refractivity contribution in [1.82, 2.24) is 15.5 Å². The number of amides is 1. The molecule has 5 nitrogen and oxygen atoms in total. The van der Waals surface area contributed by atoms with Gasteiger partial charge < -0.3 is 9.84 Å². The van der Waals surface area contributed by atoms with Crippen molar-refractivity contribution >= 4 is 17.7 Å². The summed E-state index contributed by atoms with van der Waals surface area (Å²) in [4.78, 5) is 17.7. The molecule has 0 fully saturated rings. The zero-order chi connectivity index (χ0) is 20.8. The number of aromatic nitrogens is 2. The SMILES string of the molecule is Cc1cc(CSc2ncccc2C(=O)NC(c2ccccc2)c2ccccc2)no1. The second-order valence-corrected chi connectivity index (χ2v) is 7.77. The van der Waals surface area contributed by atoms with Gasteiger partial charge in [-0.3, -0.25) is 4.79 Å². The lowest BCUT2D eigenvalue weighted by Crippen LogP contribution is -2.29. The second-order valence-electron chi connectivity index (χ2n) is 6.80. The molecule has 2 heterocycles. The highest BCUT2D eigenvalue weighted by atomic mass is 32.2. The summed E-state index contributed by atoms with van der Waals surface area (Å²) in [6.07, 6.45) is 1.69. The Balaban J connectivity index is 1.57. The van der Waals surface area contributed by atoms with Crippen LogP contribution in [0.2, 0.25) is 0 Å². The summed E-state index contributed by atoms with van der Waals surface area (Å²) in [6, 6.07) is 25.1. The van der Waals surface area contributed by atoms with E-state index < -0.39 is 0 Å². The van der Waals surface area contributed by atoms with E-state index in [1.165, 1.54) is 11.8 Å². The molecule has 0 aliphatic rings. The molecule has 0 saturated carbocycles. The minimum absolute atomic E-state index is 0.167. The van der Waals surface area contributed by atoms with Crippen molar-refractivity contribution in [3.05, 3.63) is 113 Å². The summed E-state index contributed by atoms with van der Waals surface area (Å²) in [5, 5.41) is 7.85. The lowest BCUT2D eigenvalue weighted by molar-refractivity contribution is 0.0939. The van der Waals surface area contributed by atoms with Gasteiger partial charge in [0.25, 0.3) is 5.91 Å². The summed E-state index contributed by atoms with van der Waals surface area (Å²) in [5.74, 6) is 1.17. The fourth-order valence-electron chi connectivity index (χ4n) is 3.17. The van der Waals surface area contributed by atoms with Crippen LogP contribution in [0.15, 0.2) is 94.6 Å². The number of aryl methyl sites for hydroxylation is 1. The van der Waals surface area contributed by atoms with E-state index in [9.17, 15) is 4.79 Å². The van der Waals surface area contributed by atoms with Gasteiger partial charge in [0, 0.05) is 18.0 Å². The first-order valence-corrected chi connectivity index (χ1v) is 10.6. The Morgan fingerprint density at radius 2 is 1.67 bits per heavy atom. The number of carbonyl (C=O) groups excluding carboxylic acids is 1. The van der Waals surface area contributed by atoms with E-state index >= 15 is 0 Å². The molecule has 0 unspecified atom stereocenters. The zero-order valence-electron chi connectivity index (χ0n) is 16.5. The van der Waals surface area contributed by atoms with E-state index in [1.807, 2.05) is 73.7 Å². The smallest absolute Gasteiger partial charge is 0.254 e. The predicted octanol–water partition coefficient (Wildman–Crippen LogP) is 5.19. The average Bonchev–Trinajstić information content (AvgIpc) is 3.22. The highest BCUT2D eigenvalue weighted by Gasteiger charge is 2.20. The van der Waals surface area contributed by atoms with E-state index in [1.54, 1.807) is 18.3 Å². The van der Waals surface area contributed by atoms with Crippen molar-refractivity contribution in [3.63, 3.8) is 0 Å². The number of hydrogen-bond donors (Lipinski definition) is 1.